The van der Waals surface area contributed by atoms with Gasteiger partial charge in [-0.3, -0.25) is 4.79 Å². The van der Waals surface area contributed by atoms with E-state index in [0.29, 0.717) is 0 Å². The van der Waals surface area contributed by atoms with Gasteiger partial charge in [-0.25, -0.2) is 4.79 Å². The number of halogens is 3. The number of rotatable bonds is 2. The van der Waals surface area contributed by atoms with Crippen LogP contribution in [0, 0.1) is 0 Å². The van der Waals surface area contributed by atoms with Gasteiger partial charge in [-0.1, -0.05) is 0 Å². The molecule has 0 amide bonds. The molecule has 1 N–H and O–H groups in total. The molecule has 3 nitrogen and oxygen atoms in total. The Hall–Kier alpha value is -1.33. The fourth-order valence-electron chi connectivity index (χ4n) is 0.340. The van der Waals surface area contributed by atoms with Gasteiger partial charge in [0, 0.05) is 11.6 Å². The number of ketones is 1. The van der Waals surface area contributed by atoms with Crippen LogP contribution in [0.4, 0.5) is 13.2 Å². The summed E-state index contributed by atoms with van der Waals surface area (Å²) in [6, 6.07) is 0. The molecule has 0 aliphatic rings. The van der Waals surface area contributed by atoms with Crippen LogP contribution in [0.3, 0.4) is 0 Å². The molecule has 0 aromatic heterocycles. The molecular formula is C6H5F3O3. The molecule has 0 aromatic carbocycles. The van der Waals surface area contributed by atoms with Gasteiger partial charge in [0.05, 0.1) is 0 Å². The first kappa shape index (κ1) is 10.7. The third kappa shape index (κ3) is 3.18. The lowest BCUT2D eigenvalue weighted by Crippen LogP contribution is -2.21. The van der Waals surface area contributed by atoms with Gasteiger partial charge in [0.2, 0.25) is 0 Å². The van der Waals surface area contributed by atoms with Crippen LogP contribution in [-0.4, -0.2) is 23.0 Å². The first-order valence-electron chi connectivity index (χ1n) is 2.78. The lowest BCUT2D eigenvalue weighted by Gasteiger charge is -1.99. The molecule has 0 saturated carbocycles. The van der Waals surface area contributed by atoms with Gasteiger partial charge in [-0.2, -0.15) is 13.2 Å². The highest BCUT2D eigenvalue weighted by Crippen LogP contribution is 2.17. The van der Waals surface area contributed by atoms with Gasteiger partial charge in [0.25, 0.3) is 5.78 Å². The molecule has 12 heavy (non-hydrogen) atoms. The van der Waals surface area contributed by atoms with Crippen molar-refractivity contribution in [2.24, 2.45) is 0 Å². The van der Waals surface area contributed by atoms with Gasteiger partial charge >= 0.3 is 12.1 Å². The van der Waals surface area contributed by atoms with E-state index in [9.17, 15) is 22.8 Å². The maximum absolute atomic E-state index is 11.5. The summed E-state index contributed by atoms with van der Waals surface area (Å²) in [5, 5.41) is 8.11. The number of hydrogen-bond donors (Lipinski definition) is 1. The minimum absolute atomic E-state index is 0.0440. The number of carboxylic acid groups (broad SMARTS) is 1. The topological polar surface area (TPSA) is 54.4 Å². The Labute approximate surface area is 65.5 Å². The van der Waals surface area contributed by atoms with E-state index >= 15 is 0 Å². The van der Waals surface area contributed by atoms with Crippen LogP contribution in [0.15, 0.2) is 11.6 Å². The quantitative estimate of drug-likeness (QED) is 0.651. The molecular weight excluding hydrogens is 177 g/mol. The van der Waals surface area contributed by atoms with Crippen LogP contribution in [0.25, 0.3) is 0 Å². The van der Waals surface area contributed by atoms with E-state index < -0.39 is 23.5 Å². The van der Waals surface area contributed by atoms with E-state index in [-0.39, 0.29) is 6.08 Å². The van der Waals surface area contributed by atoms with Crippen LogP contribution >= 0.6 is 0 Å². The van der Waals surface area contributed by atoms with E-state index in [1.165, 1.54) is 0 Å². The first-order chi connectivity index (χ1) is 5.25. The molecule has 0 aliphatic carbocycles. The largest absolute Gasteiger partial charge is 0.478 e. The Morgan fingerprint density at radius 2 is 1.75 bits per heavy atom. The molecule has 68 valence electrons. The average Bonchev–Trinajstić information content (AvgIpc) is 1.85. The minimum atomic E-state index is -5.00. The lowest BCUT2D eigenvalue weighted by molar-refractivity contribution is -0.165. The van der Waals surface area contributed by atoms with Crippen LogP contribution in [0.1, 0.15) is 6.92 Å². The molecule has 0 aromatic rings. The Morgan fingerprint density at radius 1 is 1.33 bits per heavy atom. The predicted molar refractivity (Wildman–Crippen MR) is 32.5 cm³/mol. The molecule has 0 fully saturated rings. The highest BCUT2D eigenvalue weighted by Gasteiger charge is 2.36. The van der Waals surface area contributed by atoms with Crippen molar-refractivity contribution < 1.29 is 27.9 Å². The third-order valence-corrected chi connectivity index (χ3v) is 0.964. The Morgan fingerprint density at radius 3 is 2.00 bits per heavy atom. The summed E-state index contributed by atoms with van der Waals surface area (Å²) in [6.07, 6.45) is -4.96. The normalized spacial score (nSPS) is 12.8. The number of alkyl halides is 3. The fourth-order valence-corrected chi connectivity index (χ4v) is 0.340. The van der Waals surface area contributed by atoms with E-state index in [2.05, 4.69) is 0 Å². The molecule has 0 unspecified atom stereocenters. The number of carbonyl (C=O) groups excluding carboxylic acids is 1. The van der Waals surface area contributed by atoms with Crippen molar-refractivity contribution in [2.45, 2.75) is 13.1 Å². The van der Waals surface area contributed by atoms with E-state index in [4.69, 9.17) is 5.11 Å². The zero-order chi connectivity index (χ0) is 9.94. The zero-order valence-corrected chi connectivity index (χ0v) is 5.97. The van der Waals surface area contributed by atoms with Crippen molar-refractivity contribution in [3.8, 4) is 0 Å². The minimum Gasteiger partial charge on any atom is -0.478 e. The maximum atomic E-state index is 11.5. The molecule has 6 heteroatoms. The van der Waals surface area contributed by atoms with Gasteiger partial charge in [-0.15, -0.1) is 0 Å². The van der Waals surface area contributed by atoms with E-state index in [0.717, 1.165) is 6.92 Å². The third-order valence-electron chi connectivity index (χ3n) is 0.964. The van der Waals surface area contributed by atoms with Crippen molar-refractivity contribution in [1.29, 1.82) is 0 Å². The second-order valence-electron chi connectivity index (χ2n) is 1.99. The summed E-state index contributed by atoms with van der Waals surface area (Å²) in [6.45, 7) is 0.909. The molecule has 0 atom stereocenters. The smallest absolute Gasteiger partial charge is 0.454 e. The molecule has 0 radical (unpaired) electrons. The van der Waals surface area contributed by atoms with Gasteiger partial charge in [0.1, 0.15) is 0 Å². The first-order valence-corrected chi connectivity index (χ1v) is 2.78. The second-order valence-corrected chi connectivity index (χ2v) is 1.99. The molecule has 0 bridgehead atoms. The fraction of sp³-hybridized carbons (Fsp3) is 0.333. The molecule has 0 spiro atoms. The summed E-state index contributed by atoms with van der Waals surface area (Å²) in [5.74, 6) is -3.71. The van der Waals surface area contributed by atoms with Crippen molar-refractivity contribution in [3.05, 3.63) is 11.6 Å². The molecule has 0 aliphatic heterocycles. The monoisotopic (exact) mass is 182 g/mol. The zero-order valence-electron chi connectivity index (χ0n) is 5.97. The highest BCUT2D eigenvalue weighted by molar-refractivity contribution is 6.00. The number of carbonyl (C=O) groups is 2. The molecule has 0 saturated heterocycles. The van der Waals surface area contributed by atoms with Crippen molar-refractivity contribution in [1.82, 2.24) is 0 Å². The summed E-state index contributed by atoms with van der Waals surface area (Å²) < 4.78 is 34.5. The van der Waals surface area contributed by atoms with Crippen LogP contribution < -0.4 is 0 Å². The SMILES string of the molecule is CC(=CC(=O)C(F)(F)F)C(=O)O. The molecule has 0 rings (SSSR count). The Balaban J connectivity index is 4.57. The summed E-state index contributed by atoms with van der Waals surface area (Å²) in [5.41, 5.74) is -0.641. The maximum Gasteiger partial charge on any atom is 0.454 e. The second kappa shape index (κ2) is 3.38. The van der Waals surface area contributed by atoms with Crippen molar-refractivity contribution in [2.75, 3.05) is 0 Å². The van der Waals surface area contributed by atoms with Crippen LogP contribution in [0.5, 0.6) is 0 Å². The lowest BCUT2D eigenvalue weighted by atomic mass is 10.2. The van der Waals surface area contributed by atoms with E-state index in [1.807, 2.05) is 0 Å². The Kier molecular flexibility index (Phi) is 3.00. The van der Waals surface area contributed by atoms with Crippen LogP contribution in [-0.2, 0) is 9.59 Å². The number of carboxylic acids is 1. The summed E-state index contributed by atoms with van der Waals surface area (Å²) in [4.78, 5) is 20.1. The van der Waals surface area contributed by atoms with Crippen LogP contribution in [0.2, 0.25) is 0 Å². The number of aliphatic carboxylic acids is 1. The summed E-state index contributed by atoms with van der Waals surface area (Å²) >= 11 is 0. The standard InChI is InChI=1S/C6H5F3O3/c1-3(5(11)12)2-4(10)6(7,8)9/h2H,1H3,(H,11,12). The number of hydrogen-bond acceptors (Lipinski definition) is 2. The van der Waals surface area contributed by atoms with Crippen molar-refractivity contribution in [3.63, 3.8) is 0 Å². The van der Waals surface area contributed by atoms with Gasteiger partial charge < -0.3 is 5.11 Å². The van der Waals surface area contributed by atoms with E-state index in [1.54, 1.807) is 0 Å². The van der Waals surface area contributed by atoms with Gasteiger partial charge in [-0.05, 0) is 6.92 Å². The molecule has 0 heterocycles. The van der Waals surface area contributed by atoms with Crippen molar-refractivity contribution >= 4 is 11.8 Å². The summed E-state index contributed by atoms with van der Waals surface area (Å²) in [7, 11) is 0. The Bertz CT molecular complexity index is 239. The predicted octanol–water partition coefficient (Wildman–Crippen LogP) is 1.15. The average molecular weight is 182 g/mol. The number of allylic oxidation sites excluding steroid dienone is 1. The van der Waals surface area contributed by atoms with Gasteiger partial charge in [0.15, 0.2) is 0 Å². The highest BCUT2D eigenvalue weighted by atomic mass is 19.4.